The molecule has 1 fully saturated rings. The normalized spacial score (nSPS) is 25.4. The van der Waals surface area contributed by atoms with Gasteiger partial charge in [-0.25, -0.2) is 0 Å². The lowest BCUT2D eigenvalue weighted by Gasteiger charge is -2.20. The third-order valence-electron chi connectivity index (χ3n) is 5.14. The Labute approximate surface area is 130 Å². The maximum absolute atomic E-state index is 2.54. The highest BCUT2D eigenvalue weighted by Gasteiger charge is 2.30. The molecule has 2 aromatic rings. The second kappa shape index (κ2) is 4.51. The molecule has 5 rings (SSSR count). The maximum atomic E-state index is 2.54. The molecule has 1 aliphatic carbocycles. The van der Waals surface area contributed by atoms with E-state index in [4.69, 9.17) is 0 Å². The second-order valence-corrected chi connectivity index (χ2v) is 8.02. The lowest BCUT2D eigenvalue weighted by molar-refractivity contribution is 0.790. The third kappa shape index (κ3) is 1.91. The molecule has 0 amide bonds. The first-order chi connectivity index (χ1) is 10.4. The Morgan fingerprint density at radius 2 is 1.81 bits per heavy atom. The Kier molecular flexibility index (Phi) is 2.60. The van der Waals surface area contributed by atoms with Crippen molar-refractivity contribution in [2.75, 3.05) is 0 Å². The molecule has 104 valence electrons. The molecule has 0 spiro atoms. The van der Waals surface area contributed by atoms with Crippen LogP contribution in [-0.4, -0.2) is 10.5 Å². The Bertz CT molecular complexity index is 756. The fourth-order valence-electron chi connectivity index (χ4n) is 4.10. The van der Waals surface area contributed by atoms with E-state index in [9.17, 15) is 0 Å². The average Bonchev–Trinajstić information content (AvgIpc) is 3.06. The van der Waals surface area contributed by atoms with Gasteiger partial charge in [-0.3, -0.25) is 0 Å². The average molecular weight is 290 g/mol. The fourth-order valence-corrected chi connectivity index (χ4v) is 5.66. The highest BCUT2D eigenvalue weighted by molar-refractivity contribution is 8.01. The van der Waals surface area contributed by atoms with Gasteiger partial charge in [-0.05, 0) is 59.1 Å². The predicted molar refractivity (Wildman–Crippen MR) is 91.7 cm³/mol. The zero-order valence-electron chi connectivity index (χ0n) is 12.0. The zero-order chi connectivity index (χ0) is 13.8. The van der Waals surface area contributed by atoms with E-state index < -0.39 is 0 Å². The van der Waals surface area contributed by atoms with Crippen LogP contribution in [0.3, 0.4) is 0 Å². The standard InChI is InChI=1S/C20H18S/c1-2-4-19-14(3-1)10-16-9-13(5-8-20(16)19)15-11-17-6-7-18(12-15)21-17/h1-5,8-9,11,17-18H,6-7,10,12H2. The molecule has 1 saturated heterocycles. The molecule has 3 aliphatic rings. The Hall–Kier alpha value is -1.47. The SMILES string of the molecule is C1=C(c2ccc3c(c2)Cc2ccccc2-3)CC2CCC1S2. The summed E-state index contributed by atoms with van der Waals surface area (Å²) < 4.78 is 0. The van der Waals surface area contributed by atoms with Crippen LogP contribution in [0.2, 0.25) is 0 Å². The number of fused-ring (bicyclic) bond motifs is 5. The van der Waals surface area contributed by atoms with Crippen molar-refractivity contribution in [3.63, 3.8) is 0 Å². The minimum Gasteiger partial charge on any atom is -0.151 e. The number of thioether (sulfide) groups is 1. The van der Waals surface area contributed by atoms with Crippen molar-refractivity contribution in [1.82, 2.24) is 0 Å². The summed E-state index contributed by atoms with van der Waals surface area (Å²) in [5.74, 6) is 0. The first-order valence-electron chi connectivity index (χ1n) is 7.94. The first-order valence-corrected chi connectivity index (χ1v) is 8.89. The van der Waals surface area contributed by atoms with Crippen LogP contribution in [0, 0.1) is 0 Å². The molecule has 0 saturated carbocycles. The van der Waals surface area contributed by atoms with Gasteiger partial charge in [0.1, 0.15) is 0 Å². The van der Waals surface area contributed by atoms with Crippen molar-refractivity contribution in [3.05, 3.63) is 65.2 Å². The van der Waals surface area contributed by atoms with Crippen LogP contribution in [0.25, 0.3) is 16.7 Å². The molecule has 0 N–H and O–H groups in total. The number of hydrogen-bond acceptors (Lipinski definition) is 1. The minimum absolute atomic E-state index is 0.782. The van der Waals surface area contributed by atoms with Crippen LogP contribution < -0.4 is 0 Å². The van der Waals surface area contributed by atoms with Crippen LogP contribution >= 0.6 is 11.8 Å². The van der Waals surface area contributed by atoms with Gasteiger partial charge in [0.2, 0.25) is 0 Å². The van der Waals surface area contributed by atoms with E-state index in [0.29, 0.717) is 0 Å². The molecular formula is C20H18S. The number of rotatable bonds is 1. The lowest BCUT2D eigenvalue weighted by Crippen LogP contribution is -2.05. The molecule has 1 heteroatoms. The van der Waals surface area contributed by atoms with Gasteiger partial charge >= 0.3 is 0 Å². The smallest absolute Gasteiger partial charge is 0.0236 e. The van der Waals surface area contributed by atoms with E-state index in [-0.39, 0.29) is 0 Å². The predicted octanol–water partition coefficient (Wildman–Crippen LogP) is 5.31. The molecule has 2 atom stereocenters. The summed E-state index contributed by atoms with van der Waals surface area (Å²) in [5, 5.41) is 1.66. The summed E-state index contributed by atoms with van der Waals surface area (Å²) in [6, 6.07) is 16.0. The molecule has 2 aromatic carbocycles. The van der Waals surface area contributed by atoms with Crippen molar-refractivity contribution < 1.29 is 0 Å². The third-order valence-corrected chi connectivity index (χ3v) is 6.65. The van der Waals surface area contributed by atoms with Gasteiger partial charge in [0.25, 0.3) is 0 Å². The van der Waals surface area contributed by atoms with E-state index in [1.165, 1.54) is 47.1 Å². The van der Waals surface area contributed by atoms with Crippen LogP contribution in [0.4, 0.5) is 0 Å². The number of allylic oxidation sites excluding steroid dienone is 1. The summed E-state index contributed by atoms with van der Waals surface area (Å²) >= 11 is 2.19. The molecule has 2 bridgehead atoms. The van der Waals surface area contributed by atoms with E-state index in [0.717, 1.165) is 16.9 Å². The summed E-state index contributed by atoms with van der Waals surface area (Å²) in [6.07, 6.45) is 7.71. The Morgan fingerprint density at radius 3 is 2.76 bits per heavy atom. The second-order valence-electron chi connectivity index (χ2n) is 6.48. The topological polar surface area (TPSA) is 0 Å². The molecule has 0 nitrogen and oxygen atoms in total. The van der Waals surface area contributed by atoms with Gasteiger partial charge in [-0.15, -0.1) is 0 Å². The van der Waals surface area contributed by atoms with E-state index in [1.54, 1.807) is 5.57 Å². The molecule has 2 heterocycles. The van der Waals surface area contributed by atoms with E-state index >= 15 is 0 Å². The highest BCUT2D eigenvalue weighted by Crippen LogP contribution is 2.46. The van der Waals surface area contributed by atoms with Crippen molar-refractivity contribution >= 4 is 17.3 Å². The molecule has 21 heavy (non-hydrogen) atoms. The van der Waals surface area contributed by atoms with E-state index in [2.05, 4.69) is 60.3 Å². The monoisotopic (exact) mass is 290 g/mol. The summed E-state index contributed by atoms with van der Waals surface area (Å²) in [6.45, 7) is 0. The molecule has 0 radical (unpaired) electrons. The van der Waals surface area contributed by atoms with Gasteiger partial charge in [-0.2, -0.15) is 11.8 Å². The zero-order valence-corrected chi connectivity index (χ0v) is 12.8. The maximum Gasteiger partial charge on any atom is 0.0236 e. The largest absolute Gasteiger partial charge is 0.151 e. The number of benzene rings is 2. The Morgan fingerprint density at radius 1 is 0.905 bits per heavy atom. The van der Waals surface area contributed by atoms with Gasteiger partial charge in [0.05, 0.1) is 0 Å². The van der Waals surface area contributed by atoms with Crippen molar-refractivity contribution in [1.29, 1.82) is 0 Å². The van der Waals surface area contributed by atoms with Crippen LogP contribution in [0.1, 0.15) is 36.0 Å². The fraction of sp³-hybridized carbons (Fsp3) is 0.300. The van der Waals surface area contributed by atoms with Crippen LogP contribution in [0.15, 0.2) is 48.5 Å². The lowest BCUT2D eigenvalue weighted by atomic mass is 9.96. The van der Waals surface area contributed by atoms with Crippen molar-refractivity contribution in [2.45, 2.75) is 36.2 Å². The Balaban J connectivity index is 1.56. The van der Waals surface area contributed by atoms with Gasteiger partial charge < -0.3 is 0 Å². The summed E-state index contributed by atoms with van der Waals surface area (Å²) in [4.78, 5) is 0. The minimum atomic E-state index is 0.782. The molecule has 0 aromatic heterocycles. The van der Waals surface area contributed by atoms with Crippen LogP contribution in [0.5, 0.6) is 0 Å². The molecule has 2 unspecified atom stereocenters. The molecular weight excluding hydrogens is 272 g/mol. The highest BCUT2D eigenvalue weighted by atomic mass is 32.2. The first kappa shape index (κ1) is 12.1. The quantitative estimate of drug-likeness (QED) is 0.585. The number of hydrogen-bond donors (Lipinski definition) is 0. The van der Waals surface area contributed by atoms with E-state index in [1.807, 2.05) is 0 Å². The van der Waals surface area contributed by atoms with Crippen molar-refractivity contribution in [2.24, 2.45) is 0 Å². The summed E-state index contributed by atoms with van der Waals surface area (Å²) in [7, 11) is 0. The van der Waals surface area contributed by atoms with Gasteiger partial charge in [0.15, 0.2) is 0 Å². The van der Waals surface area contributed by atoms with Crippen molar-refractivity contribution in [3.8, 4) is 11.1 Å². The van der Waals surface area contributed by atoms with Gasteiger partial charge in [-0.1, -0.05) is 48.5 Å². The molecule has 2 aliphatic heterocycles. The summed E-state index contributed by atoms with van der Waals surface area (Å²) in [5.41, 5.74) is 8.95. The van der Waals surface area contributed by atoms with Gasteiger partial charge in [0, 0.05) is 10.5 Å². The van der Waals surface area contributed by atoms with Crippen LogP contribution in [-0.2, 0) is 6.42 Å².